The van der Waals surface area contributed by atoms with E-state index in [0.717, 1.165) is 0 Å². The van der Waals surface area contributed by atoms with Crippen LogP contribution >= 0.6 is 0 Å². The van der Waals surface area contributed by atoms with Gasteiger partial charge in [0.1, 0.15) is 6.61 Å². The Morgan fingerprint density at radius 2 is 1.74 bits per heavy atom. The molecule has 7 heteroatoms. The van der Waals surface area contributed by atoms with Crippen molar-refractivity contribution in [3.05, 3.63) is 35.9 Å². The molecule has 1 aliphatic heterocycles. The zero-order valence-corrected chi connectivity index (χ0v) is 12.9. The van der Waals surface area contributed by atoms with Gasteiger partial charge in [-0.2, -0.15) is 0 Å². The predicted octanol–water partition coefficient (Wildman–Crippen LogP) is 1.45. The Labute approximate surface area is 133 Å². The summed E-state index contributed by atoms with van der Waals surface area (Å²) < 4.78 is 20.7. The number of rotatable bonds is 5. The highest BCUT2D eigenvalue weighted by atomic mass is 16.7. The summed E-state index contributed by atoms with van der Waals surface area (Å²) in [5.41, 5.74) is 0.429. The fourth-order valence-corrected chi connectivity index (χ4v) is 2.22. The summed E-state index contributed by atoms with van der Waals surface area (Å²) in [5.74, 6) is -1.53. The van der Waals surface area contributed by atoms with Crippen molar-refractivity contribution in [1.82, 2.24) is 0 Å². The second kappa shape index (κ2) is 7.73. The van der Waals surface area contributed by atoms with Gasteiger partial charge < -0.3 is 18.9 Å². The molecule has 1 saturated heterocycles. The molecule has 0 N–H and O–H groups in total. The summed E-state index contributed by atoms with van der Waals surface area (Å²) in [6, 6.07) is 8.54. The van der Waals surface area contributed by atoms with E-state index in [-0.39, 0.29) is 13.0 Å². The Balaban J connectivity index is 1.89. The van der Waals surface area contributed by atoms with E-state index in [1.165, 1.54) is 13.8 Å². The third kappa shape index (κ3) is 5.07. The lowest BCUT2D eigenvalue weighted by atomic mass is 10.2. The van der Waals surface area contributed by atoms with E-state index in [1.807, 2.05) is 0 Å². The maximum absolute atomic E-state index is 11.9. The Morgan fingerprint density at radius 3 is 2.35 bits per heavy atom. The highest BCUT2D eigenvalue weighted by Crippen LogP contribution is 2.25. The second-order valence-electron chi connectivity index (χ2n) is 5.08. The van der Waals surface area contributed by atoms with Crippen molar-refractivity contribution in [2.24, 2.45) is 0 Å². The van der Waals surface area contributed by atoms with E-state index in [9.17, 15) is 14.4 Å². The first kappa shape index (κ1) is 17.0. The molecule has 7 nitrogen and oxygen atoms in total. The summed E-state index contributed by atoms with van der Waals surface area (Å²) >= 11 is 0. The molecule has 0 aliphatic carbocycles. The van der Waals surface area contributed by atoms with Crippen LogP contribution in [0.2, 0.25) is 0 Å². The zero-order chi connectivity index (χ0) is 16.8. The summed E-state index contributed by atoms with van der Waals surface area (Å²) in [6.45, 7) is 2.47. The molecule has 0 aromatic heterocycles. The highest BCUT2D eigenvalue weighted by Gasteiger charge is 2.40. The second-order valence-corrected chi connectivity index (χ2v) is 5.08. The summed E-state index contributed by atoms with van der Waals surface area (Å²) in [7, 11) is 0. The van der Waals surface area contributed by atoms with E-state index in [1.54, 1.807) is 30.3 Å². The average molecular weight is 322 g/mol. The fraction of sp³-hybridized carbons (Fsp3) is 0.438. The Morgan fingerprint density at radius 1 is 1.09 bits per heavy atom. The molecule has 3 atom stereocenters. The average Bonchev–Trinajstić information content (AvgIpc) is 2.86. The van der Waals surface area contributed by atoms with Crippen molar-refractivity contribution in [2.75, 3.05) is 6.61 Å². The van der Waals surface area contributed by atoms with Crippen LogP contribution in [0.25, 0.3) is 0 Å². The molecule has 124 valence electrons. The lowest BCUT2D eigenvalue weighted by Gasteiger charge is -2.17. The Hall–Kier alpha value is -2.41. The lowest BCUT2D eigenvalue weighted by molar-refractivity contribution is -0.195. The molecule has 2 rings (SSSR count). The van der Waals surface area contributed by atoms with Gasteiger partial charge in [0.05, 0.1) is 11.7 Å². The molecule has 1 aromatic carbocycles. The fourth-order valence-electron chi connectivity index (χ4n) is 2.22. The van der Waals surface area contributed by atoms with Crippen LogP contribution < -0.4 is 0 Å². The molecule has 1 heterocycles. The monoisotopic (exact) mass is 322 g/mol. The van der Waals surface area contributed by atoms with E-state index < -0.39 is 36.4 Å². The van der Waals surface area contributed by atoms with Crippen molar-refractivity contribution in [3.8, 4) is 0 Å². The van der Waals surface area contributed by atoms with Crippen LogP contribution in [0, 0.1) is 0 Å². The molecule has 0 amide bonds. The van der Waals surface area contributed by atoms with Gasteiger partial charge >= 0.3 is 17.9 Å². The molecule has 0 radical (unpaired) electrons. The van der Waals surface area contributed by atoms with Crippen molar-refractivity contribution < 1.29 is 33.3 Å². The summed E-state index contributed by atoms with van der Waals surface area (Å²) in [6.07, 6.45) is -1.94. The van der Waals surface area contributed by atoms with E-state index in [0.29, 0.717) is 5.56 Å². The maximum atomic E-state index is 11.9. The smallest absolute Gasteiger partial charge is 0.338 e. The first-order chi connectivity index (χ1) is 11.0. The normalized spacial score (nSPS) is 23.1. The molecule has 0 saturated carbocycles. The minimum absolute atomic E-state index is 0.0245. The number of esters is 3. The molecule has 23 heavy (non-hydrogen) atoms. The topological polar surface area (TPSA) is 88.1 Å². The van der Waals surface area contributed by atoms with Gasteiger partial charge in [0.2, 0.25) is 6.29 Å². The lowest BCUT2D eigenvalue weighted by Crippen LogP contribution is -2.30. The van der Waals surface area contributed by atoms with Crippen LogP contribution in [0.15, 0.2) is 30.3 Å². The summed E-state index contributed by atoms with van der Waals surface area (Å²) in [5, 5.41) is 0. The number of benzene rings is 1. The van der Waals surface area contributed by atoms with Crippen LogP contribution in [0.1, 0.15) is 30.6 Å². The van der Waals surface area contributed by atoms with Gasteiger partial charge in [0.15, 0.2) is 6.10 Å². The first-order valence-corrected chi connectivity index (χ1v) is 7.17. The van der Waals surface area contributed by atoms with Crippen molar-refractivity contribution in [1.29, 1.82) is 0 Å². The molecule has 1 fully saturated rings. The van der Waals surface area contributed by atoms with Gasteiger partial charge in [-0.25, -0.2) is 4.79 Å². The number of carbonyl (C=O) groups excluding carboxylic acids is 3. The number of carbonyl (C=O) groups is 3. The van der Waals surface area contributed by atoms with Crippen molar-refractivity contribution in [2.45, 2.75) is 38.8 Å². The Bertz CT molecular complexity index is 545. The van der Waals surface area contributed by atoms with E-state index in [4.69, 9.17) is 18.9 Å². The van der Waals surface area contributed by atoms with Crippen molar-refractivity contribution >= 4 is 17.9 Å². The molecule has 0 unspecified atom stereocenters. The van der Waals surface area contributed by atoms with Gasteiger partial charge in [0.25, 0.3) is 0 Å². The van der Waals surface area contributed by atoms with Gasteiger partial charge in [-0.1, -0.05) is 18.2 Å². The van der Waals surface area contributed by atoms with Crippen LogP contribution in [0.5, 0.6) is 0 Å². The first-order valence-electron chi connectivity index (χ1n) is 7.17. The highest BCUT2D eigenvalue weighted by molar-refractivity contribution is 5.89. The van der Waals surface area contributed by atoms with Crippen molar-refractivity contribution in [3.63, 3.8) is 0 Å². The van der Waals surface area contributed by atoms with Crippen LogP contribution in [-0.2, 0) is 28.5 Å². The number of hydrogen-bond donors (Lipinski definition) is 0. The minimum atomic E-state index is -0.989. The minimum Gasteiger partial charge on any atom is -0.459 e. The molecule has 1 aliphatic rings. The predicted molar refractivity (Wildman–Crippen MR) is 77.3 cm³/mol. The van der Waals surface area contributed by atoms with Crippen LogP contribution in [-0.4, -0.2) is 43.0 Å². The van der Waals surface area contributed by atoms with Gasteiger partial charge in [-0.05, 0) is 12.1 Å². The molecule has 0 bridgehead atoms. The number of hydrogen-bond acceptors (Lipinski definition) is 7. The third-order valence-corrected chi connectivity index (χ3v) is 3.13. The third-order valence-electron chi connectivity index (χ3n) is 3.13. The molecular weight excluding hydrogens is 304 g/mol. The quantitative estimate of drug-likeness (QED) is 0.599. The maximum Gasteiger partial charge on any atom is 0.338 e. The van der Waals surface area contributed by atoms with E-state index >= 15 is 0 Å². The SMILES string of the molecule is CC(=O)O[C@H]1O[C@H](COC(=O)c2ccccc2)C[C@@H]1OC(C)=O. The van der Waals surface area contributed by atoms with Gasteiger partial charge in [0, 0.05) is 20.3 Å². The molecule has 0 spiro atoms. The summed E-state index contributed by atoms with van der Waals surface area (Å²) in [4.78, 5) is 34.0. The van der Waals surface area contributed by atoms with Crippen LogP contribution in [0.3, 0.4) is 0 Å². The zero-order valence-electron chi connectivity index (χ0n) is 12.9. The van der Waals surface area contributed by atoms with Gasteiger partial charge in [-0.15, -0.1) is 0 Å². The standard InChI is InChI=1S/C16H18O7/c1-10(17)21-14-8-13(23-16(14)22-11(2)18)9-20-15(19)12-6-4-3-5-7-12/h3-7,13-14,16H,8-9H2,1-2H3/t13-,14-,16-/m0/s1. The van der Waals surface area contributed by atoms with Crippen LogP contribution in [0.4, 0.5) is 0 Å². The molecule has 1 aromatic rings. The Kier molecular flexibility index (Phi) is 5.70. The number of ether oxygens (including phenoxy) is 4. The van der Waals surface area contributed by atoms with E-state index in [2.05, 4.69) is 0 Å². The molecular formula is C16H18O7. The van der Waals surface area contributed by atoms with Gasteiger partial charge in [-0.3, -0.25) is 9.59 Å². The largest absolute Gasteiger partial charge is 0.459 e.